The van der Waals surface area contributed by atoms with E-state index in [2.05, 4.69) is 34.1 Å². The van der Waals surface area contributed by atoms with Crippen LogP contribution in [-0.2, 0) is 0 Å². The molecule has 4 nitrogen and oxygen atoms in total. The van der Waals surface area contributed by atoms with Gasteiger partial charge in [-0.1, -0.05) is 0 Å². The van der Waals surface area contributed by atoms with Gasteiger partial charge < -0.3 is 0 Å². The summed E-state index contributed by atoms with van der Waals surface area (Å²) in [7, 11) is 0. The highest BCUT2D eigenvalue weighted by atomic mass is 32.1. The lowest BCUT2D eigenvalue weighted by atomic mass is 10.3. The molecule has 0 fully saturated rings. The summed E-state index contributed by atoms with van der Waals surface area (Å²) >= 11 is 1.74. The fourth-order valence-corrected chi connectivity index (χ4v) is 2.38. The Bertz CT molecular complexity index is 610. The van der Waals surface area contributed by atoms with Crippen LogP contribution in [0.4, 0.5) is 0 Å². The SMILES string of the molecule is Cc1ccc(-c2ccnc3ncnn23)s1. The maximum atomic E-state index is 4.15. The van der Waals surface area contributed by atoms with E-state index in [4.69, 9.17) is 0 Å². The largest absolute Gasteiger partial charge is 0.252 e. The number of hydrogen-bond acceptors (Lipinski definition) is 4. The highest BCUT2D eigenvalue weighted by Crippen LogP contribution is 2.26. The summed E-state index contributed by atoms with van der Waals surface area (Å²) in [6.45, 7) is 2.09. The lowest BCUT2D eigenvalue weighted by Gasteiger charge is -1.99. The number of thiophene rings is 1. The molecule has 0 atom stereocenters. The third-order valence-electron chi connectivity index (χ3n) is 2.17. The van der Waals surface area contributed by atoms with Gasteiger partial charge in [-0.2, -0.15) is 14.6 Å². The van der Waals surface area contributed by atoms with E-state index in [-0.39, 0.29) is 0 Å². The zero-order chi connectivity index (χ0) is 10.3. The molecule has 0 aliphatic rings. The molecule has 15 heavy (non-hydrogen) atoms. The van der Waals surface area contributed by atoms with Crippen molar-refractivity contribution < 1.29 is 0 Å². The molecule has 0 radical (unpaired) electrons. The fraction of sp³-hybridized carbons (Fsp3) is 0.100. The molecule has 0 saturated heterocycles. The average Bonchev–Trinajstić information content (AvgIpc) is 2.84. The van der Waals surface area contributed by atoms with Crippen molar-refractivity contribution in [3.63, 3.8) is 0 Å². The third kappa shape index (κ3) is 1.32. The first-order valence-electron chi connectivity index (χ1n) is 4.56. The van der Waals surface area contributed by atoms with Crippen LogP contribution in [0, 0.1) is 6.92 Å². The molecule has 0 spiro atoms. The summed E-state index contributed by atoms with van der Waals surface area (Å²) in [6.07, 6.45) is 3.28. The Labute approximate surface area is 90.2 Å². The zero-order valence-corrected chi connectivity index (χ0v) is 8.90. The highest BCUT2D eigenvalue weighted by molar-refractivity contribution is 7.15. The molecule has 3 rings (SSSR count). The Balaban J connectivity index is 2.30. The van der Waals surface area contributed by atoms with Crippen LogP contribution in [0.3, 0.4) is 0 Å². The molecule has 0 saturated carbocycles. The molecule has 0 bridgehead atoms. The molecule has 3 heterocycles. The Morgan fingerprint density at radius 2 is 2.13 bits per heavy atom. The van der Waals surface area contributed by atoms with E-state index in [0.29, 0.717) is 5.78 Å². The second-order valence-corrected chi connectivity index (χ2v) is 4.50. The number of aromatic nitrogens is 4. The second-order valence-electron chi connectivity index (χ2n) is 3.21. The molecule has 0 aliphatic carbocycles. The predicted octanol–water partition coefficient (Wildman–Crippen LogP) is 2.16. The molecule has 0 amide bonds. The molecule has 3 aromatic rings. The van der Waals surface area contributed by atoms with Gasteiger partial charge in [0.2, 0.25) is 0 Å². The summed E-state index contributed by atoms with van der Waals surface area (Å²) in [6, 6.07) is 6.15. The molecule has 74 valence electrons. The van der Waals surface area contributed by atoms with Crippen molar-refractivity contribution >= 4 is 17.1 Å². The first-order valence-corrected chi connectivity index (χ1v) is 5.38. The van der Waals surface area contributed by atoms with Gasteiger partial charge in [-0.25, -0.2) is 4.98 Å². The molecular formula is C10H8N4S. The Kier molecular flexibility index (Phi) is 1.78. The number of aryl methyl sites for hydroxylation is 1. The number of rotatable bonds is 1. The van der Waals surface area contributed by atoms with Crippen LogP contribution >= 0.6 is 11.3 Å². The van der Waals surface area contributed by atoms with Crippen molar-refractivity contribution in [1.82, 2.24) is 19.6 Å². The van der Waals surface area contributed by atoms with E-state index in [1.165, 1.54) is 16.1 Å². The van der Waals surface area contributed by atoms with Crippen LogP contribution in [0.1, 0.15) is 4.88 Å². The van der Waals surface area contributed by atoms with Gasteiger partial charge in [0.15, 0.2) is 0 Å². The Morgan fingerprint density at radius 3 is 2.93 bits per heavy atom. The maximum absolute atomic E-state index is 4.15. The highest BCUT2D eigenvalue weighted by Gasteiger charge is 2.06. The molecular weight excluding hydrogens is 208 g/mol. The van der Waals surface area contributed by atoms with Crippen LogP contribution < -0.4 is 0 Å². The van der Waals surface area contributed by atoms with Crippen molar-refractivity contribution in [1.29, 1.82) is 0 Å². The standard InChI is InChI=1S/C10H8N4S/c1-7-2-3-9(15-7)8-4-5-11-10-12-6-13-14(8)10/h2-6H,1H3. The van der Waals surface area contributed by atoms with Crippen molar-refractivity contribution in [2.24, 2.45) is 0 Å². The van der Waals surface area contributed by atoms with Gasteiger partial charge in [-0.3, -0.25) is 0 Å². The van der Waals surface area contributed by atoms with Gasteiger partial charge in [0.25, 0.3) is 5.78 Å². The second kappa shape index (κ2) is 3.13. The molecule has 5 heteroatoms. The van der Waals surface area contributed by atoms with E-state index < -0.39 is 0 Å². The van der Waals surface area contributed by atoms with Gasteiger partial charge in [-0.15, -0.1) is 11.3 Å². The van der Waals surface area contributed by atoms with E-state index in [9.17, 15) is 0 Å². The van der Waals surface area contributed by atoms with E-state index in [0.717, 1.165) is 5.69 Å². The van der Waals surface area contributed by atoms with Gasteiger partial charge >= 0.3 is 0 Å². The summed E-state index contributed by atoms with van der Waals surface area (Å²) in [5.41, 5.74) is 1.04. The molecule has 0 N–H and O–H groups in total. The quantitative estimate of drug-likeness (QED) is 0.626. The van der Waals surface area contributed by atoms with E-state index in [1.54, 1.807) is 22.0 Å². The first kappa shape index (κ1) is 8.55. The minimum absolute atomic E-state index is 0.638. The molecule has 3 aromatic heterocycles. The topological polar surface area (TPSA) is 43.1 Å². The number of nitrogens with zero attached hydrogens (tertiary/aromatic N) is 4. The summed E-state index contributed by atoms with van der Waals surface area (Å²) in [5.74, 6) is 0.638. The minimum Gasteiger partial charge on any atom is -0.220 e. The molecule has 0 unspecified atom stereocenters. The average molecular weight is 216 g/mol. The van der Waals surface area contributed by atoms with Gasteiger partial charge in [0.05, 0.1) is 10.6 Å². The van der Waals surface area contributed by atoms with Crippen LogP contribution in [-0.4, -0.2) is 19.6 Å². The molecule has 0 aromatic carbocycles. The number of fused-ring (bicyclic) bond motifs is 1. The van der Waals surface area contributed by atoms with Crippen LogP contribution in [0.25, 0.3) is 16.3 Å². The summed E-state index contributed by atoms with van der Waals surface area (Å²) in [4.78, 5) is 10.7. The predicted molar refractivity (Wildman–Crippen MR) is 58.8 cm³/mol. The van der Waals surface area contributed by atoms with Crippen molar-refractivity contribution in [3.05, 3.63) is 35.6 Å². The third-order valence-corrected chi connectivity index (χ3v) is 3.20. The summed E-state index contributed by atoms with van der Waals surface area (Å²) in [5, 5.41) is 4.15. The Morgan fingerprint density at radius 1 is 1.20 bits per heavy atom. The summed E-state index contributed by atoms with van der Waals surface area (Å²) < 4.78 is 1.76. The molecule has 0 aliphatic heterocycles. The van der Waals surface area contributed by atoms with E-state index in [1.807, 2.05) is 6.07 Å². The van der Waals surface area contributed by atoms with Crippen molar-refractivity contribution in [3.8, 4) is 10.6 Å². The smallest absolute Gasteiger partial charge is 0.220 e. The van der Waals surface area contributed by atoms with Gasteiger partial charge in [0.1, 0.15) is 6.33 Å². The van der Waals surface area contributed by atoms with Crippen LogP contribution in [0.15, 0.2) is 30.7 Å². The first-order chi connectivity index (χ1) is 7.34. The lowest BCUT2D eigenvalue weighted by Crippen LogP contribution is -1.93. The normalized spacial score (nSPS) is 11.0. The maximum Gasteiger partial charge on any atom is 0.252 e. The van der Waals surface area contributed by atoms with Gasteiger partial charge in [0, 0.05) is 11.1 Å². The zero-order valence-electron chi connectivity index (χ0n) is 8.08. The monoisotopic (exact) mass is 216 g/mol. The van der Waals surface area contributed by atoms with Gasteiger partial charge in [-0.05, 0) is 25.1 Å². The van der Waals surface area contributed by atoms with Crippen LogP contribution in [0.5, 0.6) is 0 Å². The van der Waals surface area contributed by atoms with Crippen LogP contribution in [0.2, 0.25) is 0 Å². The lowest BCUT2D eigenvalue weighted by molar-refractivity contribution is 0.950. The minimum atomic E-state index is 0.638. The van der Waals surface area contributed by atoms with Crippen molar-refractivity contribution in [2.75, 3.05) is 0 Å². The van der Waals surface area contributed by atoms with Crippen molar-refractivity contribution in [2.45, 2.75) is 6.92 Å². The Hall–Kier alpha value is -1.75. The number of hydrogen-bond donors (Lipinski definition) is 0. The fourth-order valence-electron chi connectivity index (χ4n) is 1.50. The van der Waals surface area contributed by atoms with E-state index >= 15 is 0 Å².